The Balaban J connectivity index is 1.55. The number of carbonyl (C=O) groups excluding carboxylic acids is 2. The van der Waals surface area contributed by atoms with Crippen molar-refractivity contribution in [2.75, 3.05) is 6.54 Å². The third-order valence-electron chi connectivity index (χ3n) is 3.96. The van der Waals surface area contributed by atoms with Gasteiger partial charge in [-0.3, -0.25) is 9.59 Å². The van der Waals surface area contributed by atoms with Crippen molar-refractivity contribution in [2.45, 2.75) is 43.8 Å². The Hall–Kier alpha value is -1.10. The van der Waals surface area contributed by atoms with E-state index in [9.17, 15) is 9.59 Å². The number of hydrogen-bond donors (Lipinski definition) is 3. The van der Waals surface area contributed by atoms with E-state index in [1.165, 1.54) is 6.42 Å². The quantitative estimate of drug-likeness (QED) is 0.570. The van der Waals surface area contributed by atoms with Crippen LogP contribution in [0.3, 0.4) is 0 Å². The van der Waals surface area contributed by atoms with Gasteiger partial charge in [-0.25, -0.2) is 0 Å². The van der Waals surface area contributed by atoms with Crippen LogP contribution in [0.2, 0.25) is 0 Å². The summed E-state index contributed by atoms with van der Waals surface area (Å²) in [7, 11) is 0. The van der Waals surface area contributed by atoms with E-state index in [4.69, 9.17) is 0 Å². The first-order valence-corrected chi connectivity index (χ1v) is 6.05. The largest absolute Gasteiger partial charge is 0.354 e. The van der Waals surface area contributed by atoms with Crippen molar-refractivity contribution in [3.63, 3.8) is 0 Å². The summed E-state index contributed by atoms with van der Waals surface area (Å²) in [6.07, 6.45) is 3.72. The summed E-state index contributed by atoms with van der Waals surface area (Å²) in [6, 6.07) is 0.915. The number of rotatable bonds is 2. The predicted octanol–water partition coefficient (Wildman–Crippen LogP) is -0.868. The molecular weight excluding hydrogens is 206 g/mol. The maximum absolute atomic E-state index is 12.0. The van der Waals surface area contributed by atoms with Gasteiger partial charge in [0.2, 0.25) is 11.8 Å². The van der Waals surface area contributed by atoms with Crippen LogP contribution >= 0.6 is 0 Å². The third-order valence-corrected chi connectivity index (χ3v) is 3.96. The van der Waals surface area contributed by atoms with E-state index in [2.05, 4.69) is 16.0 Å². The van der Waals surface area contributed by atoms with Crippen molar-refractivity contribution >= 4 is 11.8 Å². The molecule has 3 aliphatic rings. The molecule has 0 aromatic heterocycles. The first-order valence-electron chi connectivity index (χ1n) is 6.05. The summed E-state index contributed by atoms with van der Waals surface area (Å²) in [4.78, 5) is 23.0. The molecule has 0 aromatic rings. The molecule has 0 radical (unpaired) electrons. The Labute approximate surface area is 94.3 Å². The van der Waals surface area contributed by atoms with Gasteiger partial charge in [-0.05, 0) is 19.3 Å². The fraction of sp³-hybridized carbons (Fsp3) is 0.818. The molecule has 5 nitrogen and oxygen atoms in total. The molecule has 3 rings (SSSR count). The summed E-state index contributed by atoms with van der Waals surface area (Å²) in [5, 5.41) is 9.15. The van der Waals surface area contributed by atoms with E-state index in [0.29, 0.717) is 25.0 Å². The second-order valence-electron chi connectivity index (χ2n) is 5.10. The molecule has 4 unspecified atom stereocenters. The van der Waals surface area contributed by atoms with E-state index in [-0.39, 0.29) is 23.8 Å². The fourth-order valence-electron chi connectivity index (χ4n) is 3.13. The summed E-state index contributed by atoms with van der Waals surface area (Å²) >= 11 is 0. The highest BCUT2D eigenvalue weighted by atomic mass is 16.2. The van der Waals surface area contributed by atoms with E-state index < -0.39 is 0 Å². The second kappa shape index (κ2) is 3.73. The standard InChI is InChI=1S/C11H17N3O2/c15-10-4-7(5-12-10)14-11(16)8-3-6-1-2-9(8)13-6/h6-9,13H,1-5H2,(H,12,15)(H,14,16). The minimum Gasteiger partial charge on any atom is -0.354 e. The molecule has 2 bridgehead atoms. The molecule has 5 heteroatoms. The van der Waals surface area contributed by atoms with E-state index in [1.807, 2.05) is 0 Å². The minimum absolute atomic E-state index is 0.000809. The van der Waals surface area contributed by atoms with Crippen LogP contribution in [0.5, 0.6) is 0 Å². The van der Waals surface area contributed by atoms with Gasteiger partial charge in [-0.15, -0.1) is 0 Å². The molecule has 0 aromatic carbocycles. The van der Waals surface area contributed by atoms with Gasteiger partial charge in [0.25, 0.3) is 0 Å². The molecule has 0 aliphatic carbocycles. The van der Waals surface area contributed by atoms with Crippen molar-refractivity contribution in [1.29, 1.82) is 0 Å². The van der Waals surface area contributed by atoms with Crippen molar-refractivity contribution in [1.82, 2.24) is 16.0 Å². The zero-order valence-corrected chi connectivity index (χ0v) is 9.16. The summed E-state index contributed by atoms with van der Waals surface area (Å²) < 4.78 is 0. The zero-order chi connectivity index (χ0) is 11.1. The van der Waals surface area contributed by atoms with Gasteiger partial charge in [0.15, 0.2) is 0 Å². The predicted molar refractivity (Wildman–Crippen MR) is 57.6 cm³/mol. The molecular formula is C11H17N3O2. The molecule has 0 spiro atoms. The lowest BCUT2D eigenvalue weighted by atomic mass is 9.88. The highest BCUT2D eigenvalue weighted by Gasteiger charge is 2.43. The van der Waals surface area contributed by atoms with Gasteiger partial charge in [0.05, 0.1) is 12.0 Å². The van der Waals surface area contributed by atoms with Crippen LogP contribution in [0.25, 0.3) is 0 Å². The lowest BCUT2D eigenvalue weighted by Gasteiger charge is -2.21. The van der Waals surface area contributed by atoms with Gasteiger partial charge >= 0.3 is 0 Å². The van der Waals surface area contributed by atoms with E-state index in [0.717, 1.165) is 12.8 Å². The lowest BCUT2D eigenvalue weighted by Crippen LogP contribution is -2.43. The van der Waals surface area contributed by atoms with Crippen molar-refractivity contribution < 1.29 is 9.59 Å². The molecule has 2 amide bonds. The molecule has 3 N–H and O–H groups in total. The van der Waals surface area contributed by atoms with Crippen molar-refractivity contribution in [3.8, 4) is 0 Å². The number of fused-ring (bicyclic) bond motifs is 2. The molecule has 88 valence electrons. The van der Waals surface area contributed by atoms with E-state index in [1.54, 1.807) is 0 Å². The van der Waals surface area contributed by atoms with Crippen LogP contribution in [0.1, 0.15) is 25.7 Å². The maximum atomic E-state index is 12.0. The second-order valence-corrected chi connectivity index (χ2v) is 5.10. The van der Waals surface area contributed by atoms with Crippen LogP contribution in [-0.4, -0.2) is 36.5 Å². The van der Waals surface area contributed by atoms with E-state index >= 15 is 0 Å². The molecule has 16 heavy (non-hydrogen) atoms. The number of hydrogen-bond acceptors (Lipinski definition) is 3. The van der Waals surface area contributed by atoms with Crippen LogP contribution in [-0.2, 0) is 9.59 Å². The van der Waals surface area contributed by atoms with Crippen molar-refractivity contribution in [2.24, 2.45) is 5.92 Å². The number of amides is 2. The Kier molecular flexibility index (Phi) is 2.35. The topological polar surface area (TPSA) is 70.2 Å². The van der Waals surface area contributed by atoms with Gasteiger partial charge in [0, 0.05) is 25.0 Å². The van der Waals surface area contributed by atoms with Crippen molar-refractivity contribution in [3.05, 3.63) is 0 Å². The SMILES string of the molecule is O=C1CC(NC(=O)C2CC3CCC2N3)CN1. The summed E-state index contributed by atoms with van der Waals surface area (Å²) in [5.74, 6) is 0.284. The monoisotopic (exact) mass is 223 g/mol. The molecule has 3 aliphatic heterocycles. The number of nitrogens with one attached hydrogen (secondary N) is 3. The van der Waals surface area contributed by atoms with Gasteiger partial charge in [-0.2, -0.15) is 0 Å². The molecule has 3 saturated heterocycles. The Morgan fingerprint density at radius 2 is 2.25 bits per heavy atom. The Bertz CT molecular complexity index is 331. The first-order chi connectivity index (χ1) is 7.72. The Morgan fingerprint density at radius 3 is 2.81 bits per heavy atom. The van der Waals surface area contributed by atoms with Gasteiger partial charge in [0.1, 0.15) is 0 Å². The third kappa shape index (κ3) is 1.69. The molecule has 3 fully saturated rings. The minimum atomic E-state index is -0.000809. The average Bonchev–Trinajstić information content (AvgIpc) is 2.93. The Morgan fingerprint density at radius 1 is 1.38 bits per heavy atom. The van der Waals surface area contributed by atoms with Gasteiger partial charge in [-0.1, -0.05) is 0 Å². The highest BCUT2D eigenvalue weighted by molar-refractivity contribution is 5.83. The molecule has 3 heterocycles. The summed E-state index contributed by atoms with van der Waals surface area (Å²) in [5.41, 5.74) is 0. The highest BCUT2D eigenvalue weighted by Crippen LogP contribution is 2.33. The molecule has 4 atom stereocenters. The average molecular weight is 223 g/mol. The summed E-state index contributed by atoms with van der Waals surface area (Å²) in [6.45, 7) is 0.582. The zero-order valence-electron chi connectivity index (χ0n) is 9.16. The number of carbonyl (C=O) groups is 2. The lowest BCUT2D eigenvalue weighted by molar-refractivity contribution is -0.126. The van der Waals surface area contributed by atoms with Crippen LogP contribution in [0.4, 0.5) is 0 Å². The van der Waals surface area contributed by atoms with Crippen LogP contribution in [0.15, 0.2) is 0 Å². The fourth-order valence-corrected chi connectivity index (χ4v) is 3.13. The van der Waals surface area contributed by atoms with Crippen LogP contribution in [0, 0.1) is 5.92 Å². The smallest absolute Gasteiger partial charge is 0.225 e. The molecule has 0 saturated carbocycles. The normalized spacial score (nSPS) is 41.1. The van der Waals surface area contributed by atoms with Gasteiger partial charge < -0.3 is 16.0 Å². The van der Waals surface area contributed by atoms with Crippen LogP contribution < -0.4 is 16.0 Å². The maximum Gasteiger partial charge on any atom is 0.225 e. The first kappa shape index (κ1) is 10.1.